The second kappa shape index (κ2) is 5.59. The van der Waals surface area contributed by atoms with Crippen LogP contribution in [-0.4, -0.2) is 13.8 Å². The van der Waals surface area contributed by atoms with Crippen LogP contribution in [0.2, 0.25) is 0 Å². The molecule has 0 aliphatic carbocycles. The number of rotatable bonds is 5. The highest BCUT2D eigenvalue weighted by molar-refractivity contribution is 5.30. The fourth-order valence-corrected chi connectivity index (χ4v) is 1.13. The van der Waals surface area contributed by atoms with Crippen LogP contribution in [-0.2, 0) is 6.54 Å². The van der Waals surface area contributed by atoms with Crippen LogP contribution in [0.1, 0.15) is 5.56 Å². The quantitative estimate of drug-likeness (QED) is 0.291. The van der Waals surface area contributed by atoms with Crippen LogP contribution in [0.25, 0.3) is 0 Å². The van der Waals surface area contributed by atoms with Crippen LogP contribution in [0.4, 0.5) is 8.78 Å². The van der Waals surface area contributed by atoms with E-state index in [0.29, 0.717) is 6.67 Å². The molecule has 15 heavy (non-hydrogen) atoms. The third kappa shape index (κ3) is 3.12. The van der Waals surface area contributed by atoms with Crippen LogP contribution < -0.4 is 21.3 Å². The van der Waals surface area contributed by atoms with E-state index in [4.69, 9.17) is 5.84 Å². The van der Waals surface area contributed by atoms with E-state index in [2.05, 4.69) is 15.5 Å². The molecule has 0 fully saturated rings. The summed E-state index contributed by atoms with van der Waals surface area (Å²) in [5, 5.41) is 2.77. The lowest BCUT2D eigenvalue weighted by Gasteiger charge is -2.08. The number of ether oxygens (including phenoxy) is 1. The minimum absolute atomic E-state index is 0.104. The summed E-state index contributed by atoms with van der Waals surface area (Å²) in [6.45, 7) is 0.504. The predicted molar refractivity (Wildman–Crippen MR) is 51.9 cm³/mol. The molecular formula is C9H13F2N3O. The summed E-state index contributed by atoms with van der Waals surface area (Å²) >= 11 is 0. The Morgan fingerprint density at radius 1 is 1.33 bits per heavy atom. The average Bonchev–Trinajstić information content (AvgIpc) is 2.23. The Morgan fingerprint density at radius 2 is 2.07 bits per heavy atom. The second-order valence-electron chi connectivity index (χ2n) is 2.89. The molecule has 84 valence electrons. The number of nitrogens with two attached hydrogens (primary N) is 1. The summed E-state index contributed by atoms with van der Waals surface area (Å²) in [5.74, 6) is 3.80. The van der Waals surface area contributed by atoms with E-state index in [1.54, 1.807) is 0 Å². The third-order valence-corrected chi connectivity index (χ3v) is 1.86. The van der Waals surface area contributed by atoms with Crippen molar-refractivity contribution in [3.63, 3.8) is 0 Å². The van der Waals surface area contributed by atoms with Crippen LogP contribution >= 0.6 is 0 Å². The molecule has 1 rings (SSSR count). The average molecular weight is 217 g/mol. The van der Waals surface area contributed by atoms with Gasteiger partial charge in [-0.1, -0.05) is 0 Å². The number of benzene rings is 1. The summed E-state index contributed by atoms with van der Waals surface area (Å²) in [7, 11) is 1.29. The molecule has 0 atom stereocenters. The van der Waals surface area contributed by atoms with Crippen molar-refractivity contribution in [2.24, 2.45) is 5.84 Å². The molecule has 1 aromatic rings. The number of hydrogen-bond donors (Lipinski definition) is 3. The molecule has 0 spiro atoms. The minimum atomic E-state index is -0.587. The lowest BCUT2D eigenvalue weighted by atomic mass is 10.2. The first-order valence-electron chi connectivity index (χ1n) is 4.35. The van der Waals surface area contributed by atoms with Gasteiger partial charge in [0.1, 0.15) is 5.82 Å². The van der Waals surface area contributed by atoms with Gasteiger partial charge in [0.2, 0.25) is 0 Å². The molecular weight excluding hydrogens is 204 g/mol. The highest BCUT2D eigenvalue weighted by atomic mass is 19.1. The zero-order valence-electron chi connectivity index (χ0n) is 8.31. The van der Waals surface area contributed by atoms with Crippen LogP contribution in [0, 0.1) is 11.6 Å². The Balaban J connectivity index is 2.76. The summed E-state index contributed by atoms with van der Waals surface area (Å²) in [5.41, 5.74) is 2.57. The smallest absolute Gasteiger partial charge is 0.165 e. The molecule has 0 aromatic heterocycles. The molecule has 6 heteroatoms. The Labute approximate surface area is 86.4 Å². The highest BCUT2D eigenvalue weighted by Crippen LogP contribution is 2.20. The number of methoxy groups -OCH3 is 1. The van der Waals surface area contributed by atoms with Gasteiger partial charge in [-0.15, -0.1) is 0 Å². The summed E-state index contributed by atoms with van der Waals surface area (Å²) in [6.07, 6.45) is 0. The molecule has 0 saturated heterocycles. The van der Waals surface area contributed by atoms with Crippen LogP contribution in [0.15, 0.2) is 12.1 Å². The van der Waals surface area contributed by atoms with Gasteiger partial charge in [0.05, 0.1) is 13.8 Å². The van der Waals surface area contributed by atoms with Gasteiger partial charge in [0, 0.05) is 18.2 Å². The van der Waals surface area contributed by atoms with Gasteiger partial charge in [-0.3, -0.25) is 11.2 Å². The van der Waals surface area contributed by atoms with E-state index in [1.165, 1.54) is 7.11 Å². The fraction of sp³-hybridized carbons (Fsp3) is 0.333. The maximum Gasteiger partial charge on any atom is 0.165 e. The largest absolute Gasteiger partial charge is 0.494 e. The first kappa shape index (κ1) is 11.8. The summed E-state index contributed by atoms with van der Waals surface area (Å²) in [6, 6.07) is 2.11. The van der Waals surface area contributed by atoms with Crippen LogP contribution in [0.3, 0.4) is 0 Å². The lowest BCUT2D eigenvalue weighted by Crippen LogP contribution is -2.33. The Bertz CT molecular complexity index is 333. The van der Waals surface area contributed by atoms with Crippen molar-refractivity contribution in [1.29, 1.82) is 0 Å². The van der Waals surface area contributed by atoms with Crippen molar-refractivity contribution >= 4 is 0 Å². The number of nitrogens with one attached hydrogen (secondary N) is 2. The summed E-state index contributed by atoms with van der Waals surface area (Å²) in [4.78, 5) is 0. The fourth-order valence-electron chi connectivity index (χ4n) is 1.13. The maximum absolute atomic E-state index is 13.3. The molecule has 0 unspecified atom stereocenters. The van der Waals surface area contributed by atoms with Crippen molar-refractivity contribution < 1.29 is 13.5 Å². The van der Waals surface area contributed by atoms with Gasteiger partial charge < -0.3 is 4.74 Å². The topological polar surface area (TPSA) is 59.3 Å². The monoisotopic (exact) mass is 217 g/mol. The van der Waals surface area contributed by atoms with E-state index in [-0.39, 0.29) is 17.9 Å². The molecule has 0 amide bonds. The Hall–Kier alpha value is -1.24. The summed E-state index contributed by atoms with van der Waals surface area (Å²) < 4.78 is 31.1. The van der Waals surface area contributed by atoms with Gasteiger partial charge in [-0.05, 0) is 6.07 Å². The van der Waals surface area contributed by atoms with Crippen molar-refractivity contribution in [2.45, 2.75) is 6.54 Å². The molecule has 1 aromatic carbocycles. The molecule has 0 bridgehead atoms. The molecule has 0 saturated carbocycles. The Kier molecular flexibility index (Phi) is 4.41. The number of hydrazine groups is 1. The van der Waals surface area contributed by atoms with Gasteiger partial charge >= 0.3 is 0 Å². The third-order valence-electron chi connectivity index (χ3n) is 1.86. The molecule has 0 radical (unpaired) electrons. The number of hydrogen-bond acceptors (Lipinski definition) is 4. The van der Waals surface area contributed by atoms with E-state index >= 15 is 0 Å². The second-order valence-corrected chi connectivity index (χ2v) is 2.89. The standard InChI is InChI=1S/C9H13F2N3O/c1-15-9-3-7(10)6(2-8(9)11)4-13-5-14-12/h2-3,13-14H,4-5,12H2,1H3. The van der Waals surface area contributed by atoms with E-state index in [9.17, 15) is 8.78 Å². The van der Waals surface area contributed by atoms with Gasteiger partial charge in [-0.25, -0.2) is 14.2 Å². The molecule has 0 aliphatic heterocycles. The normalized spacial score (nSPS) is 10.4. The maximum atomic E-state index is 13.3. The van der Waals surface area contributed by atoms with Crippen molar-refractivity contribution in [2.75, 3.05) is 13.8 Å². The SMILES string of the molecule is COc1cc(F)c(CNCNN)cc1F. The van der Waals surface area contributed by atoms with E-state index in [1.807, 2.05) is 0 Å². The van der Waals surface area contributed by atoms with Gasteiger partial charge in [0.15, 0.2) is 11.6 Å². The first-order valence-corrected chi connectivity index (χ1v) is 4.35. The van der Waals surface area contributed by atoms with Gasteiger partial charge in [-0.2, -0.15) is 0 Å². The van der Waals surface area contributed by atoms with Crippen molar-refractivity contribution in [3.8, 4) is 5.75 Å². The van der Waals surface area contributed by atoms with Gasteiger partial charge in [0.25, 0.3) is 0 Å². The zero-order valence-corrected chi connectivity index (χ0v) is 8.31. The molecule has 4 N–H and O–H groups in total. The van der Waals surface area contributed by atoms with E-state index < -0.39 is 11.6 Å². The van der Waals surface area contributed by atoms with E-state index in [0.717, 1.165) is 12.1 Å². The highest BCUT2D eigenvalue weighted by Gasteiger charge is 2.09. The first-order chi connectivity index (χ1) is 7.19. The molecule has 0 aliphatic rings. The number of halogens is 2. The zero-order chi connectivity index (χ0) is 11.3. The predicted octanol–water partition coefficient (Wildman–Crippen LogP) is 0.484. The van der Waals surface area contributed by atoms with Crippen molar-refractivity contribution in [1.82, 2.24) is 10.7 Å². The minimum Gasteiger partial charge on any atom is -0.494 e. The molecule has 4 nitrogen and oxygen atoms in total. The van der Waals surface area contributed by atoms with Crippen molar-refractivity contribution in [3.05, 3.63) is 29.3 Å². The van der Waals surface area contributed by atoms with Crippen LogP contribution in [0.5, 0.6) is 5.75 Å². The Morgan fingerprint density at radius 3 is 2.67 bits per heavy atom. The lowest BCUT2D eigenvalue weighted by molar-refractivity contribution is 0.381. The molecule has 0 heterocycles.